The quantitative estimate of drug-likeness (QED) is 0.795. The molecule has 0 aromatic heterocycles. The highest BCUT2D eigenvalue weighted by atomic mass is 35.5. The minimum absolute atomic E-state index is 0.105. The van der Waals surface area contributed by atoms with Crippen LogP contribution in [0.4, 0.5) is 5.69 Å². The van der Waals surface area contributed by atoms with Crippen molar-refractivity contribution in [3.05, 3.63) is 53.1 Å². The standard InChI is InChI=1S/C17H17ClN2O/c18-11-7-8-16-14(10-11)20-9-3-5-13(19)17(20)12-4-1-2-6-15(12)21-16/h1-2,4,6-8,10,13,17H,3,5,9,19H2/t13-,17+/m0/s1. The van der Waals surface area contributed by atoms with Crippen LogP contribution in [0.3, 0.4) is 0 Å². The van der Waals surface area contributed by atoms with Gasteiger partial charge in [-0.05, 0) is 37.1 Å². The highest BCUT2D eigenvalue weighted by Gasteiger charge is 2.36. The maximum Gasteiger partial charge on any atom is 0.150 e. The summed E-state index contributed by atoms with van der Waals surface area (Å²) in [4.78, 5) is 2.35. The minimum Gasteiger partial charge on any atom is -0.455 e. The van der Waals surface area contributed by atoms with E-state index in [4.69, 9.17) is 22.1 Å². The first-order valence-corrected chi connectivity index (χ1v) is 7.70. The van der Waals surface area contributed by atoms with Crippen molar-refractivity contribution in [3.8, 4) is 11.5 Å². The summed E-state index contributed by atoms with van der Waals surface area (Å²) < 4.78 is 6.14. The fourth-order valence-electron chi connectivity index (χ4n) is 3.43. The number of anilines is 1. The van der Waals surface area contributed by atoms with Crippen LogP contribution in [0.25, 0.3) is 0 Å². The van der Waals surface area contributed by atoms with Crippen molar-refractivity contribution in [1.82, 2.24) is 0 Å². The van der Waals surface area contributed by atoms with Gasteiger partial charge in [0.1, 0.15) is 5.75 Å². The summed E-state index contributed by atoms with van der Waals surface area (Å²) in [5.41, 5.74) is 8.64. The molecule has 3 nitrogen and oxygen atoms in total. The lowest BCUT2D eigenvalue weighted by atomic mass is 9.90. The minimum atomic E-state index is 0.105. The molecule has 2 N–H and O–H groups in total. The Labute approximate surface area is 129 Å². The average molecular weight is 301 g/mol. The van der Waals surface area contributed by atoms with E-state index >= 15 is 0 Å². The van der Waals surface area contributed by atoms with Gasteiger partial charge in [0, 0.05) is 23.2 Å². The van der Waals surface area contributed by atoms with E-state index in [9.17, 15) is 0 Å². The van der Waals surface area contributed by atoms with Crippen molar-refractivity contribution in [3.63, 3.8) is 0 Å². The number of para-hydroxylation sites is 1. The van der Waals surface area contributed by atoms with Crippen LogP contribution in [0.15, 0.2) is 42.5 Å². The van der Waals surface area contributed by atoms with Crippen molar-refractivity contribution >= 4 is 17.3 Å². The molecule has 4 heteroatoms. The summed E-state index contributed by atoms with van der Waals surface area (Å²) in [6, 6.07) is 14.2. The van der Waals surface area contributed by atoms with Gasteiger partial charge in [-0.2, -0.15) is 0 Å². The van der Waals surface area contributed by atoms with Gasteiger partial charge in [0.25, 0.3) is 0 Å². The first kappa shape index (κ1) is 13.0. The second kappa shape index (κ2) is 4.93. The van der Waals surface area contributed by atoms with Crippen LogP contribution in [0, 0.1) is 0 Å². The van der Waals surface area contributed by atoms with E-state index in [1.165, 1.54) is 0 Å². The van der Waals surface area contributed by atoms with Crippen LogP contribution in [0.5, 0.6) is 11.5 Å². The molecule has 2 aromatic rings. The number of benzene rings is 2. The van der Waals surface area contributed by atoms with E-state index in [1.807, 2.05) is 36.4 Å². The lowest BCUT2D eigenvalue weighted by Gasteiger charge is -2.40. The highest BCUT2D eigenvalue weighted by molar-refractivity contribution is 6.31. The average Bonchev–Trinajstić information content (AvgIpc) is 2.63. The fourth-order valence-corrected chi connectivity index (χ4v) is 3.60. The van der Waals surface area contributed by atoms with Crippen LogP contribution in [-0.4, -0.2) is 12.6 Å². The number of piperidine rings is 1. The molecule has 1 fully saturated rings. The fraction of sp³-hybridized carbons (Fsp3) is 0.294. The second-order valence-corrected chi connectivity index (χ2v) is 6.13. The monoisotopic (exact) mass is 300 g/mol. The Kier molecular flexibility index (Phi) is 3.05. The molecule has 108 valence electrons. The maximum absolute atomic E-state index is 6.44. The Hall–Kier alpha value is -1.71. The molecular formula is C17H17ClN2O. The zero-order chi connectivity index (χ0) is 14.4. The van der Waals surface area contributed by atoms with Crippen molar-refractivity contribution in [2.45, 2.75) is 24.9 Å². The van der Waals surface area contributed by atoms with Crippen molar-refractivity contribution in [2.24, 2.45) is 5.73 Å². The predicted octanol–water partition coefficient (Wildman–Crippen LogP) is 4.11. The molecule has 21 heavy (non-hydrogen) atoms. The molecule has 0 saturated carbocycles. The normalized spacial score (nSPS) is 23.4. The third-order valence-corrected chi connectivity index (χ3v) is 4.60. The molecule has 0 bridgehead atoms. The zero-order valence-electron chi connectivity index (χ0n) is 11.6. The summed E-state index contributed by atoms with van der Waals surface area (Å²) in [5, 5.41) is 0.723. The largest absolute Gasteiger partial charge is 0.455 e. The van der Waals surface area contributed by atoms with E-state index in [0.29, 0.717) is 0 Å². The van der Waals surface area contributed by atoms with Gasteiger partial charge in [0.2, 0.25) is 0 Å². The van der Waals surface area contributed by atoms with Gasteiger partial charge in [-0.25, -0.2) is 0 Å². The summed E-state index contributed by atoms with van der Waals surface area (Å²) in [5.74, 6) is 1.74. The van der Waals surface area contributed by atoms with Crippen molar-refractivity contribution in [2.75, 3.05) is 11.4 Å². The van der Waals surface area contributed by atoms with Gasteiger partial charge in [-0.3, -0.25) is 0 Å². The number of ether oxygens (including phenoxy) is 1. The molecular weight excluding hydrogens is 284 g/mol. The molecule has 1 saturated heterocycles. The molecule has 2 atom stereocenters. The van der Waals surface area contributed by atoms with Crippen LogP contribution in [0.1, 0.15) is 24.4 Å². The number of fused-ring (bicyclic) bond motifs is 5. The van der Waals surface area contributed by atoms with Crippen LogP contribution >= 0.6 is 11.6 Å². The van der Waals surface area contributed by atoms with E-state index in [0.717, 1.165) is 47.2 Å². The van der Waals surface area contributed by atoms with Gasteiger partial charge in [0.05, 0.1) is 11.7 Å². The Morgan fingerprint density at radius 2 is 2.00 bits per heavy atom. The van der Waals surface area contributed by atoms with Gasteiger partial charge in [0.15, 0.2) is 5.75 Å². The molecule has 0 radical (unpaired) electrons. The number of hydrogen-bond donors (Lipinski definition) is 1. The Morgan fingerprint density at radius 3 is 2.90 bits per heavy atom. The number of nitrogens with zero attached hydrogens (tertiary/aromatic N) is 1. The molecule has 0 spiro atoms. The van der Waals surface area contributed by atoms with Gasteiger partial charge in [-0.15, -0.1) is 0 Å². The number of hydrogen-bond acceptors (Lipinski definition) is 3. The highest BCUT2D eigenvalue weighted by Crippen LogP contribution is 2.47. The van der Waals surface area contributed by atoms with Gasteiger partial charge >= 0.3 is 0 Å². The number of halogens is 1. The van der Waals surface area contributed by atoms with Crippen molar-refractivity contribution in [1.29, 1.82) is 0 Å². The summed E-state index contributed by atoms with van der Waals surface area (Å²) in [6.07, 6.45) is 2.12. The van der Waals surface area contributed by atoms with Gasteiger partial charge in [-0.1, -0.05) is 29.8 Å². The molecule has 2 aromatic carbocycles. The second-order valence-electron chi connectivity index (χ2n) is 5.70. The first-order valence-electron chi connectivity index (χ1n) is 7.32. The Balaban J connectivity index is 1.94. The SMILES string of the molecule is N[C@H]1CCCN2c3cc(Cl)ccc3Oc3ccccc3[C@H]12. The molecule has 0 unspecified atom stereocenters. The molecule has 2 aliphatic rings. The molecule has 2 heterocycles. The summed E-state index contributed by atoms with van der Waals surface area (Å²) in [6.45, 7) is 0.976. The molecule has 4 rings (SSSR count). The molecule has 0 amide bonds. The lowest BCUT2D eigenvalue weighted by Crippen LogP contribution is -2.45. The van der Waals surface area contributed by atoms with E-state index in [2.05, 4.69) is 11.0 Å². The number of nitrogens with two attached hydrogens (primary N) is 1. The van der Waals surface area contributed by atoms with E-state index in [1.54, 1.807) is 0 Å². The zero-order valence-corrected chi connectivity index (χ0v) is 12.4. The molecule has 2 aliphatic heterocycles. The maximum atomic E-state index is 6.44. The van der Waals surface area contributed by atoms with E-state index < -0.39 is 0 Å². The lowest BCUT2D eigenvalue weighted by molar-refractivity contribution is 0.408. The molecule has 0 aliphatic carbocycles. The van der Waals surface area contributed by atoms with Crippen LogP contribution in [0.2, 0.25) is 5.02 Å². The summed E-state index contributed by atoms with van der Waals surface area (Å²) in [7, 11) is 0. The third-order valence-electron chi connectivity index (χ3n) is 4.37. The Morgan fingerprint density at radius 1 is 1.14 bits per heavy atom. The summed E-state index contributed by atoms with van der Waals surface area (Å²) >= 11 is 6.20. The smallest absolute Gasteiger partial charge is 0.150 e. The Bertz CT molecular complexity index is 688. The topological polar surface area (TPSA) is 38.5 Å². The number of rotatable bonds is 0. The van der Waals surface area contributed by atoms with Gasteiger partial charge < -0.3 is 15.4 Å². The van der Waals surface area contributed by atoms with Crippen LogP contribution in [-0.2, 0) is 0 Å². The van der Waals surface area contributed by atoms with Crippen LogP contribution < -0.4 is 15.4 Å². The van der Waals surface area contributed by atoms with Crippen molar-refractivity contribution < 1.29 is 4.74 Å². The first-order chi connectivity index (χ1) is 10.2. The van der Waals surface area contributed by atoms with E-state index in [-0.39, 0.29) is 12.1 Å². The predicted molar refractivity (Wildman–Crippen MR) is 85.3 cm³/mol. The third kappa shape index (κ3) is 2.08.